The summed E-state index contributed by atoms with van der Waals surface area (Å²) in [6, 6.07) is 10.7. The lowest BCUT2D eigenvalue weighted by molar-refractivity contribution is -0.144. The molecule has 1 N–H and O–H groups in total. The van der Waals surface area contributed by atoms with Crippen molar-refractivity contribution in [1.29, 1.82) is 0 Å². The molecule has 0 saturated carbocycles. The third-order valence-electron chi connectivity index (χ3n) is 4.91. The van der Waals surface area contributed by atoms with Crippen molar-refractivity contribution in [3.05, 3.63) is 42.0 Å². The van der Waals surface area contributed by atoms with Crippen LogP contribution in [0.4, 0.5) is 4.79 Å². The quantitative estimate of drug-likeness (QED) is 0.586. The van der Waals surface area contributed by atoms with Crippen LogP contribution in [0.3, 0.4) is 0 Å². The van der Waals surface area contributed by atoms with Crippen LogP contribution >= 0.6 is 0 Å². The van der Waals surface area contributed by atoms with E-state index in [2.05, 4.69) is 5.32 Å². The van der Waals surface area contributed by atoms with Gasteiger partial charge in [-0.25, -0.2) is 4.79 Å². The summed E-state index contributed by atoms with van der Waals surface area (Å²) < 4.78 is 10.2. The van der Waals surface area contributed by atoms with Gasteiger partial charge in [0.05, 0.1) is 20.1 Å². The number of imide groups is 1. The molecule has 0 aliphatic carbocycles. The first kappa shape index (κ1) is 19.7. The van der Waals surface area contributed by atoms with E-state index in [-0.39, 0.29) is 18.9 Å². The molecule has 1 heterocycles. The van der Waals surface area contributed by atoms with E-state index in [1.54, 1.807) is 14.0 Å². The van der Waals surface area contributed by atoms with Gasteiger partial charge in [0.25, 0.3) is 5.91 Å². The van der Waals surface area contributed by atoms with E-state index in [1.165, 1.54) is 0 Å². The Morgan fingerprint density at radius 1 is 1.14 bits per heavy atom. The second-order valence-corrected chi connectivity index (χ2v) is 6.91. The van der Waals surface area contributed by atoms with Crippen molar-refractivity contribution >= 4 is 28.7 Å². The van der Waals surface area contributed by atoms with Crippen molar-refractivity contribution in [3.8, 4) is 5.75 Å². The Labute approximate surface area is 163 Å². The van der Waals surface area contributed by atoms with E-state index in [1.807, 2.05) is 43.3 Å². The maximum atomic E-state index is 13.0. The van der Waals surface area contributed by atoms with Crippen molar-refractivity contribution in [2.24, 2.45) is 0 Å². The maximum absolute atomic E-state index is 13.0. The molecular weight excluding hydrogens is 360 g/mol. The molecule has 0 radical (unpaired) electrons. The first-order valence-corrected chi connectivity index (χ1v) is 9.27. The molecule has 148 valence electrons. The fourth-order valence-electron chi connectivity index (χ4n) is 3.25. The van der Waals surface area contributed by atoms with Crippen LogP contribution in [-0.2, 0) is 19.9 Å². The van der Waals surface area contributed by atoms with Gasteiger partial charge in [0.2, 0.25) is 0 Å². The van der Waals surface area contributed by atoms with Gasteiger partial charge in [0.15, 0.2) is 0 Å². The normalized spacial score (nSPS) is 19.0. The van der Waals surface area contributed by atoms with Gasteiger partial charge in [-0.15, -0.1) is 0 Å². The van der Waals surface area contributed by atoms with Crippen LogP contribution in [0.25, 0.3) is 10.8 Å². The van der Waals surface area contributed by atoms with Gasteiger partial charge in [0, 0.05) is 6.54 Å². The van der Waals surface area contributed by atoms with Crippen molar-refractivity contribution < 1.29 is 23.9 Å². The van der Waals surface area contributed by atoms with Gasteiger partial charge >= 0.3 is 12.0 Å². The predicted octanol–water partition coefficient (Wildman–Crippen LogP) is 2.96. The number of carbonyl (C=O) groups is 3. The summed E-state index contributed by atoms with van der Waals surface area (Å²) in [5.41, 5.74) is -0.502. The zero-order valence-corrected chi connectivity index (χ0v) is 16.3. The molecule has 2 aromatic rings. The van der Waals surface area contributed by atoms with Crippen LogP contribution < -0.4 is 10.1 Å². The first-order chi connectivity index (χ1) is 13.4. The molecular formula is C21H24N2O5. The molecule has 0 aromatic heterocycles. The number of urea groups is 1. The highest BCUT2D eigenvalue weighted by molar-refractivity contribution is 6.07. The maximum Gasteiger partial charge on any atom is 0.325 e. The number of methoxy groups -OCH3 is 1. The molecule has 7 heteroatoms. The number of amides is 3. The monoisotopic (exact) mass is 384 g/mol. The number of ether oxygens (including phenoxy) is 2. The third-order valence-corrected chi connectivity index (χ3v) is 4.91. The summed E-state index contributed by atoms with van der Waals surface area (Å²) in [5.74, 6) is -0.0535. The van der Waals surface area contributed by atoms with Gasteiger partial charge in [-0.05, 0) is 47.9 Å². The number of hydrogen-bond acceptors (Lipinski definition) is 5. The Bertz CT molecular complexity index is 926. The topological polar surface area (TPSA) is 84.9 Å². The van der Waals surface area contributed by atoms with Crippen LogP contribution in [0.2, 0.25) is 0 Å². The van der Waals surface area contributed by atoms with Crippen LogP contribution in [0.15, 0.2) is 36.4 Å². The van der Waals surface area contributed by atoms with E-state index in [0.717, 1.165) is 27.8 Å². The molecule has 1 fully saturated rings. The molecule has 1 saturated heterocycles. The highest BCUT2D eigenvalue weighted by Crippen LogP contribution is 2.32. The average molecular weight is 384 g/mol. The summed E-state index contributed by atoms with van der Waals surface area (Å²) in [4.78, 5) is 38.1. The van der Waals surface area contributed by atoms with Gasteiger partial charge in [-0.3, -0.25) is 14.5 Å². The molecule has 1 aliphatic rings. The van der Waals surface area contributed by atoms with Crippen molar-refractivity contribution in [2.75, 3.05) is 20.3 Å². The Morgan fingerprint density at radius 3 is 2.57 bits per heavy atom. The summed E-state index contributed by atoms with van der Waals surface area (Å²) in [5, 5.41) is 4.67. The van der Waals surface area contributed by atoms with E-state index in [4.69, 9.17) is 9.47 Å². The van der Waals surface area contributed by atoms with Gasteiger partial charge in [-0.1, -0.05) is 25.1 Å². The highest BCUT2D eigenvalue weighted by atomic mass is 16.5. The molecule has 3 amide bonds. The fraction of sp³-hybridized carbons (Fsp3) is 0.381. The third kappa shape index (κ3) is 3.65. The van der Waals surface area contributed by atoms with Crippen molar-refractivity contribution in [3.63, 3.8) is 0 Å². The smallest absolute Gasteiger partial charge is 0.325 e. The van der Waals surface area contributed by atoms with Crippen LogP contribution in [0.1, 0.15) is 32.3 Å². The van der Waals surface area contributed by atoms with Gasteiger partial charge < -0.3 is 14.8 Å². The van der Waals surface area contributed by atoms with Crippen molar-refractivity contribution in [1.82, 2.24) is 10.2 Å². The summed E-state index contributed by atoms with van der Waals surface area (Å²) in [7, 11) is 1.61. The number of hydrogen-bond donors (Lipinski definition) is 1. The number of nitrogens with zero attached hydrogens (tertiary/aromatic N) is 1. The van der Waals surface area contributed by atoms with E-state index in [9.17, 15) is 14.4 Å². The lowest BCUT2D eigenvalue weighted by Gasteiger charge is -2.22. The first-order valence-electron chi connectivity index (χ1n) is 9.27. The summed E-state index contributed by atoms with van der Waals surface area (Å²) in [6.45, 7) is 3.90. The molecule has 2 aromatic carbocycles. The molecule has 28 heavy (non-hydrogen) atoms. The van der Waals surface area contributed by atoms with Crippen LogP contribution in [0, 0.1) is 0 Å². The number of fused-ring (bicyclic) bond motifs is 1. The van der Waals surface area contributed by atoms with Crippen LogP contribution in [-0.4, -0.2) is 43.1 Å². The summed E-state index contributed by atoms with van der Waals surface area (Å²) in [6.07, 6.45) is 0.702. The second-order valence-electron chi connectivity index (χ2n) is 6.91. The molecule has 3 rings (SSSR count). The lowest BCUT2D eigenvalue weighted by atomic mass is 9.90. The Kier molecular flexibility index (Phi) is 5.53. The standard InChI is InChI=1S/C21H24N2O5/c1-4-11-28-18(24)9-10-23-19(25)21(2,22-20(23)26)16-7-5-15-13-17(27-3)8-6-14(15)12-16/h5-8,12-13H,4,9-11H2,1-3H3,(H,22,26)/t21-/m0/s1. The Balaban J connectivity index is 1.80. The van der Waals surface area contributed by atoms with E-state index >= 15 is 0 Å². The molecule has 0 bridgehead atoms. The number of esters is 1. The van der Waals surface area contributed by atoms with Crippen molar-refractivity contribution in [2.45, 2.75) is 32.2 Å². The fourth-order valence-corrected chi connectivity index (χ4v) is 3.25. The average Bonchev–Trinajstić information content (AvgIpc) is 2.93. The molecule has 7 nitrogen and oxygen atoms in total. The van der Waals surface area contributed by atoms with Gasteiger partial charge in [0.1, 0.15) is 11.3 Å². The Hall–Kier alpha value is -3.09. The minimum atomic E-state index is -1.18. The lowest BCUT2D eigenvalue weighted by Crippen LogP contribution is -2.41. The molecule has 1 aliphatic heterocycles. The molecule has 0 spiro atoms. The number of carbonyl (C=O) groups excluding carboxylic acids is 3. The SMILES string of the molecule is CCCOC(=O)CCN1C(=O)N[C@@](C)(c2ccc3cc(OC)ccc3c2)C1=O. The second kappa shape index (κ2) is 7.88. The highest BCUT2D eigenvalue weighted by Gasteiger charge is 2.48. The minimum absolute atomic E-state index is 0.00636. The van der Waals surface area contributed by atoms with Gasteiger partial charge in [-0.2, -0.15) is 0 Å². The summed E-state index contributed by atoms with van der Waals surface area (Å²) >= 11 is 0. The van der Waals surface area contributed by atoms with Crippen LogP contribution in [0.5, 0.6) is 5.75 Å². The molecule has 0 unspecified atom stereocenters. The zero-order chi connectivity index (χ0) is 20.3. The number of nitrogens with one attached hydrogen (secondary N) is 1. The predicted molar refractivity (Wildman–Crippen MR) is 104 cm³/mol. The van der Waals surface area contributed by atoms with E-state index in [0.29, 0.717) is 12.2 Å². The molecule has 1 atom stereocenters. The number of benzene rings is 2. The van der Waals surface area contributed by atoms with E-state index < -0.39 is 17.5 Å². The largest absolute Gasteiger partial charge is 0.497 e. The zero-order valence-electron chi connectivity index (χ0n) is 16.3. The minimum Gasteiger partial charge on any atom is -0.497 e. The number of rotatable bonds is 7. The Morgan fingerprint density at radius 2 is 1.86 bits per heavy atom.